The van der Waals surface area contributed by atoms with Gasteiger partial charge < -0.3 is 4.74 Å². The molecule has 0 aromatic rings. The van der Waals surface area contributed by atoms with Crippen molar-refractivity contribution in [3.63, 3.8) is 0 Å². The Kier molecular flexibility index (Phi) is 20.9. The van der Waals surface area contributed by atoms with Crippen LogP contribution in [0.5, 0.6) is 0 Å². The van der Waals surface area contributed by atoms with Gasteiger partial charge in [0.15, 0.2) is 0 Å². The molecule has 0 heterocycles. The highest BCUT2D eigenvalue weighted by Crippen LogP contribution is 2.17. The summed E-state index contributed by atoms with van der Waals surface area (Å²) in [5.41, 5.74) is 0. The van der Waals surface area contributed by atoms with Crippen LogP contribution < -0.4 is 0 Å². The molecule has 0 saturated carbocycles. The maximum absolute atomic E-state index is 6.18. The second kappa shape index (κ2) is 20.5. The molecule has 0 radical (unpaired) electrons. The van der Waals surface area contributed by atoms with Crippen molar-refractivity contribution >= 4 is 15.9 Å². The number of hydrogen-bond acceptors (Lipinski definition) is 1. The normalized spacial score (nSPS) is 11.5. The average molecular weight is 391 g/mol. The fourth-order valence-electron chi connectivity index (χ4n) is 3.06. The van der Waals surface area contributed by atoms with Gasteiger partial charge in [-0.25, -0.2) is 0 Å². The molecule has 2 heteroatoms. The average Bonchev–Trinajstić information content (AvgIpc) is 2.57. The van der Waals surface area contributed by atoms with Gasteiger partial charge in [0, 0.05) is 11.9 Å². The van der Waals surface area contributed by atoms with Gasteiger partial charge in [0.05, 0.1) is 6.10 Å². The first kappa shape index (κ1) is 23.4. The summed E-state index contributed by atoms with van der Waals surface area (Å²) < 4.78 is 6.18. The van der Waals surface area contributed by atoms with Crippen molar-refractivity contribution in [2.75, 3.05) is 11.9 Å². The molecule has 0 aromatic carbocycles. The molecule has 0 saturated heterocycles. The SMILES string of the molecule is CCCCCCCCC(CCCCCCCC)OCCCCBr. The quantitative estimate of drug-likeness (QED) is 0.160. The van der Waals surface area contributed by atoms with Gasteiger partial charge in [-0.1, -0.05) is 107 Å². The summed E-state index contributed by atoms with van der Waals surface area (Å²) >= 11 is 3.50. The zero-order valence-corrected chi connectivity index (χ0v) is 17.7. The van der Waals surface area contributed by atoms with Crippen LogP contribution in [0, 0.1) is 0 Å². The number of ether oxygens (including phenoxy) is 1. The first-order chi connectivity index (χ1) is 11.3. The minimum atomic E-state index is 0.530. The largest absolute Gasteiger partial charge is 0.378 e. The number of halogens is 1. The lowest BCUT2D eigenvalue weighted by molar-refractivity contribution is 0.0366. The molecule has 0 aliphatic heterocycles. The summed E-state index contributed by atoms with van der Waals surface area (Å²) in [6, 6.07) is 0. The Hall–Kier alpha value is 0.440. The van der Waals surface area contributed by atoms with Gasteiger partial charge >= 0.3 is 0 Å². The smallest absolute Gasteiger partial charge is 0.0575 e. The van der Waals surface area contributed by atoms with E-state index in [1.54, 1.807) is 0 Å². The Balaban J connectivity index is 3.70. The van der Waals surface area contributed by atoms with Crippen molar-refractivity contribution < 1.29 is 4.74 Å². The number of alkyl halides is 1. The number of unbranched alkanes of at least 4 members (excludes halogenated alkanes) is 11. The maximum atomic E-state index is 6.18. The Morgan fingerprint density at radius 2 is 1.09 bits per heavy atom. The number of rotatable bonds is 19. The molecule has 0 fully saturated rings. The molecule has 0 unspecified atom stereocenters. The van der Waals surface area contributed by atoms with Crippen LogP contribution in [0.1, 0.15) is 117 Å². The first-order valence-electron chi connectivity index (χ1n) is 10.5. The van der Waals surface area contributed by atoms with E-state index in [2.05, 4.69) is 29.8 Å². The molecule has 0 rings (SSSR count). The molecule has 140 valence electrons. The molecular weight excluding hydrogens is 348 g/mol. The summed E-state index contributed by atoms with van der Waals surface area (Å²) in [6.07, 6.45) is 22.3. The van der Waals surface area contributed by atoms with E-state index in [0.717, 1.165) is 11.9 Å². The van der Waals surface area contributed by atoms with E-state index in [1.165, 1.54) is 103 Å². The minimum Gasteiger partial charge on any atom is -0.378 e. The second-order valence-corrected chi connectivity index (χ2v) is 7.79. The molecule has 0 amide bonds. The predicted molar refractivity (Wildman–Crippen MR) is 109 cm³/mol. The summed E-state index contributed by atoms with van der Waals surface area (Å²) in [6.45, 7) is 5.54. The van der Waals surface area contributed by atoms with Crippen LogP contribution >= 0.6 is 15.9 Å². The molecular formula is C21H43BrO. The summed E-state index contributed by atoms with van der Waals surface area (Å²) in [4.78, 5) is 0. The topological polar surface area (TPSA) is 9.23 Å². The summed E-state index contributed by atoms with van der Waals surface area (Å²) in [7, 11) is 0. The van der Waals surface area contributed by atoms with Crippen LogP contribution in [0.3, 0.4) is 0 Å². The third-order valence-corrected chi connectivity index (χ3v) is 5.20. The molecule has 0 aromatic heterocycles. The highest BCUT2D eigenvalue weighted by molar-refractivity contribution is 9.09. The third-order valence-electron chi connectivity index (χ3n) is 4.64. The van der Waals surface area contributed by atoms with Gasteiger partial charge in [0.1, 0.15) is 0 Å². The van der Waals surface area contributed by atoms with Gasteiger partial charge in [0.25, 0.3) is 0 Å². The maximum Gasteiger partial charge on any atom is 0.0575 e. The van der Waals surface area contributed by atoms with Crippen LogP contribution in [0.15, 0.2) is 0 Å². The molecule has 1 nitrogen and oxygen atoms in total. The van der Waals surface area contributed by atoms with E-state index >= 15 is 0 Å². The predicted octanol–water partition coefficient (Wildman–Crippen LogP) is 8.05. The van der Waals surface area contributed by atoms with Crippen molar-refractivity contribution in [1.29, 1.82) is 0 Å². The van der Waals surface area contributed by atoms with Crippen molar-refractivity contribution in [3.05, 3.63) is 0 Å². The lowest BCUT2D eigenvalue weighted by atomic mass is 10.0. The fraction of sp³-hybridized carbons (Fsp3) is 1.00. The van der Waals surface area contributed by atoms with Gasteiger partial charge in [-0.15, -0.1) is 0 Å². The minimum absolute atomic E-state index is 0.530. The van der Waals surface area contributed by atoms with E-state index < -0.39 is 0 Å². The molecule has 0 spiro atoms. The van der Waals surface area contributed by atoms with Gasteiger partial charge in [-0.3, -0.25) is 0 Å². The molecule has 0 atom stereocenters. The van der Waals surface area contributed by atoms with Gasteiger partial charge in [-0.05, 0) is 25.7 Å². The van der Waals surface area contributed by atoms with E-state index in [-0.39, 0.29) is 0 Å². The van der Waals surface area contributed by atoms with Gasteiger partial charge in [0.2, 0.25) is 0 Å². The molecule has 0 bridgehead atoms. The van der Waals surface area contributed by atoms with E-state index in [9.17, 15) is 0 Å². The van der Waals surface area contributed by atoms with Crippen LogP contribution in [-0.4, -0.2) is 18.0 Å². The Morgan fingerprint density at radius 3 is 1.57 bits per heavy atom. The Morgan fingerprint density at radius 1 is 0.609 bits per heavy atom. The molecule has 0 aliphatic carbocycles. The molecule has 23 heavy (non-hydrogen) atoms. The zero-order chi connectivity index (χ0) is 17.0. The van der Waals surface area contributed by atoms with E-state index in [4.69, 9.17) is 4.74 Å². The monoisotopic (exact) mass is 390 g/mol. The highest BCUT2D eigenvalue weighted by Gasteiger charge is 2.08. The molecule has 0 aliphatic rings. The van der Waals surface area contributed by atoms with Crippen molar-refractivity contribution in [2.45, 2.75) is 123 Å². The lowest BCUT2D eigenvalue weighted by Gasteiger charge is -2.18. The fourth-order valence-corrected chi connectivity index (χ4v) is 3.46. The van der Waals surface area contributed by atoms with Crippen LogP contribution in [-0.2, 0) is 4.74 Å². The first-order valence-corrected chi connectivity index (χ1v) is 11.6. The Labute approximate surface area is 155 Å². The van der Waals surface area contributed by atoms with Crippen LogP contribution in [0.25, 0.3) is 0 Å². The van der Waals surface area contributed by atoms with Crippen LogP contribution in [0.2, 0.25) is 0 Å². The Bertz CT molecular complexity index is 192. The number of hydrogen-bond donors (Lipinski definition) is 0. The van der Waals surface area contributed by atoms with E-state index in [0.29, 0.717) is 6.10 Å². The van der Waals surface area contributed by atoms with Crippen molar-refractivity contribution in [1.82, 2.24) is 0 Å². The second-order valence-electron chi connectivity index (χ2n) is 7.00. The zero-order valence-electron chi connectivity index (χ0n) is 16.1. The third kappa shape index (κ3) is 18.6. The van der Waals surface area contributed by atoms with Crippen LogP contribution in [0.4, 0.5) is 0 Å². The lowest BCUT2D eigenvalue weighted by Crippen LogP contribution is -2.14. The summed E-state index contributed by atoms with van der Waals surface area (Å²) in [5.74, 6) is 0. The summed E-state index contributed by atoms with van der Waals surface area (Å²) in [5, 5.41) is 1.11. The highest BCUT2D eigenvalue weighted by atomic mass is 79.9. The standard InChI is InChI=1S/C21H43BrO/c1-3-5-7-9-11-13-17-21(23-20-16-15-19-22)18-14-12-10-8-6-4-2/h21H,3-20H2,1-2H3. The van der Waals surface area contributed by atoms with Crippen molar-refractivity contribution in [3.8, 4) is 0 Å². The molecule has 0 N–H and O–H groups in total. The van der Waals surface area contributed by atoms with E-state index in [1.807, 2.05) is 0 Å². The van der Waals surface area contributed by atoms with Gasteiger partial charge in [-0.2, -0.15) is 0 Å². The van der Waals surface area contributed by atoms with Crippen molar-refractivity contribution in [2.24, 2.45) is 0 Å².